The molecule has 1 saturated carbocycles. The summed E-state index contributed by atoms with van der Waals surface area (Å²) in [6, 6.07) is 9.60. The quantitative estimate of drug-likeness (QED) is 0.837. The number of hydrogen-bond donors (Lipinski definition) is 2. The van der Waals surface area contributed by atoms with Crippen molar-refractivity contribution in [2.45, 2.75) is 45.6 Å². The normalized spacial score (nSPS) is 19.8. The van der Waals surface area contributed by atoms with Gasteiger partial charge in [0.05, 0.1) is 5.92 Å². The molecule has 1 aliphatic carbocycles. The largest absolute Gasteiger partial charge is 0.355 e. The average Bonchev–Trinajstić information content (AvgIpc) is 2.45. The van der Waals surface area contributed by atoms with Crippen molar-refractivity contribution in [1.82, 2.24) is 5.32 Å². The van der Waals surface area contributed by atoms with Gasteiger partial charge in [0.2, 0.25) is 5.91 Å². The van der Waals surface area contributed by atoms with Gasteiger partial charge in [-0.25, -0.2) is 0 Å². The van der Waals surface area contributed by atoms with E-state index < -0.39 is 0 Å². The highest BCUT2D eigenvalue weighted by Crippen LogP contribution is 2.43. The molecule has 0 bridgehead atoms. The minimum absolute atomic E-state index is 0.0704. The third kappa shape index (κ3) is 3.21. The van der Waals surface area contributed by atoms with Crippen LogP contribution in [0.3, 0.4) is 0 Å². The second-order valence-corrected chi connectivity index (χ2v) is 6.15. The molecule has 2 rings (SSSR count). The van der Waals surface area contributed by atoms with E-state index in [4.69, 9.17) is 5.73 Å². The second kappa shape index (κ2) is 6.40. The highest BCUT2D eigenvalue weighted by atomic mass is 16.1. The monoisotopic (exact) mass is 274 g/mol. The van der Waals surface area contributed by atoms with E-state index in [2.05, 4.69) is 12.2 Å². The van der Waals surface area contributed by atoms with Crippen LogP contribution in [0.5, 0.6) is 0 Å². The van der Waals surface area contributed by atoms with Crippen LogP contribution >= 0.6 is 0 Å². The van der Waals surface area contributed by atoms with Gasteiger partial charge < -0.3 is 11.1 Å². The molecule has 0 radical (unpaired) electrons. The smallest absolute Gasteiger partial charge is 0.224 e. The highest BCUT2D eigenvalue weighted by molar-refractivity contribution is 5.79. The Hall–Kier alpha value is -1.35. The van der Waals surface area contributed by atoms with Gasteiger partial charge in [-0.3, -0.25) is 4.79 Å². The standard InChI is InChI=1S/C17H26N2O/c1-3-17(10-7-11-17)12-19-16(20)13(2)15(18)14-8-5-4-6-9-14/h4-6,8-9,13,15H,3,7,10-12,18H2,1-2H3,(H,19,20). The first-order valence-corrected chi connectivity index (χ1v) is 7.66. The van der Waals surface area contributed by atoms with Gasteiger partial charge in [0.1, 0.15) is 0 Å². The summed E-state index contributed by atoms with van der Waals surface area (Å²) in [5.41, 5.74) is 7.57. The van der Waals surface area contributed by atoms with Crippen LogP contribution in [0.4, 0.5) is 0 Å². The first-order valence-electron chi connectivity index (χ1n) is 7.66. The molecular formula is C17H26N2O. The number of carbonyl (C=O) groups excluding carboxylic acids is 1. The number of carbonyl (C=O) groups is 1. The fourth-order valence-corrected chi connectivity index (χ4v) is 2.89. The zero-order valence-electron chi connectivity index (χ0n) is 12.6. The van der Waals surface area contributed by atoms with E-state index in [9.17, 15) is 4.79 Å². The van der Waals surface area contributed by atoms with Crippen molar-refractivity contribution in [3.63, 3.8) is 0 Å². The summed E-state index contributed by atoms with van der Waals surface area (Å²) in [4.78, 5) is 12.3. The van der Waals surface area contributed by atoms with Crippen molar-refractivity contribution < 1.29 is 4.79 Å². The molecule has 0 saturated heterocycles. The third-order valence-corrected chi connectivity index (χ3v) is 4.94. The van der Waals surface area contributed by atoms with E-state index in [0.717, 1.165) is 18.5 Å². The maximum absolute atomic E-state index is 12.3. The van der Waals surface area contributed by atoms with E-state index in [1.54, 1.807) is 0 Å². The van der Waals surface area contributed by atoms with Gasteiger partial charge in [0, 0.05) is 12.6 Å². The Bertz CT molecular complexity index is 434. The Kier molecular flexibility index (Phi) is 4.81. The molecule has 0 aromatic heterocycles. The molecule has 110 valence electrons. The molecule has 20 heavy (non-hydrogen) atoms. The average molecular weight is 274 g/mol. The van der Waals surface area contributed by atoms with E-state index in [0.29, 0.717) is 5.41 Å². The molecule has 3 heteroatoms. The molecule has 2 atom stereocenters. The van der Waals surface area contributed by atoms with Crippen molar-refractivity contribution in [3.05, 3.63) is 35.9 Å². The lowest BCUT2D eigenvalue weighted by Crippen LogP contribution is -2.44. The van der Waals surface area contributed by atoms with Crippen LogP contribution in [0.15, 0.2) is 30.3 Å². The number of nitrogens with one attached hydrogen (secondary N) is 1. The van der Waals surface area contributed by atoms with Crippen molar-refractivity contribution in [1.29, 1.82) is 0 Å². The first-order chi connectivity index (χ1) is 9.58. The van der Waals surface area contributed by atoms with Crippen LogP contribution in [0.25, 0.3) is 0 Å². The van der Waals surface area contributed by atoms with Gasteiger partial charge in [0.15, 0.2) is 0 Å². The van der Waals surface area contributed by atoms with Crippen molar-refractivity contribution in [2.24, 2.45) is 17.1 Å². The van der Waals surface area contributed by atoms with Crippen LogP contribution in [0.2, 0.25) is 0 Å². The van der Waals surface area contributed by atoms with E-state index in [1.807, 2.05) is 37.3 Å². The minimum Gasteiger partial charge on any atom is -0.355 e. The Morgan fingerprint density at radius 2 is 2.00 bits per heavy atom. The van der Waals surface area contributed by atoms with Gasteiger partial charge in [-0.05, 0) is 30.2 Å². The van der Waals surface area contributed by atoms with Crippen molar-refractivity contribution in [3.8, 4) is 0 Å². The Balaban J connectivity index is 1.88. The van der Waals surface area contributed by atoms with E-state index in [1.165, 1.54) is 19.3 Å². The van der Waals surface area contributed by atoms with E-state index >= 15 is 0 Å². The first kappa shape index (κ1) is 15.0. The Morgan fingerprint density at radius 1 is 1.35 bits per heavy atom. The molecule has 2 unspecified atom stereocenters. The predicted molar refractivity (Wildman–Crippen MR) is 82.1 cm³/mol. The summed E-state index contributed by atoms with van der Waals surface area (Å²) in [6.07, 6.45) is 4.92. The zero-order valence-corrected chi connectivity index (χ0v) is 12.6. The number of nitrogens with two attached hydrogens (primary N) is 1. The number of benzene rings is 1. The molecule has 1 amide bonds. The number of rotatable bonds is 6. The summed E-state index contributed by atoms with van der Waals surface area (Å²) >= 11 is 0. The molecule has 1 aromatic carbocycles. The van der Waals surface area contributed by atoms with Crippen LogP contribution in [0, 0.1) is 11.3 Å². The van der Waals surface area contributed by atoms with Gasteiger partial charge >= 0.3 is 0 Å². The SMILES string of the molecule is CCC1(CNC(=O)C(C)C(N)c2ccccc2)CCC1. The summed E-state index contributed by atoms with van der Waals surface area (Å²) < 4.78 is 0. The summed E-state index contributed by atoms with van der Waals surface area (Å²) in [6.45, 7) is 4.92. The minimum atomic E-state index is -0.241. The predicted octanol–water partition coefficient (Wildman–Crippen LogP) is 3.02. The molecular weight excluding hydrogens is 248 g/mol. The van der Waals surface area contributed by atoms with Crippen LogP contribution in [-0.2, 0) is 4.79 Å². The molecule has 3 nitrogen and oxygen atoms in total. The lowest BCUT2D eigenvalue weighted by Gasteiger charge is -2.41. The van der Waals surface area contributed by atoms with Crippen LogP contribution in [-0.4, -0.2) is 12.5 Å². The van der Waals surface area contributed by atoms with Gasteiger partial charge in [-0.1, -0.05) is 50.6 Å². The fourth-order valence-electron chi connectivity index (χ4n) is 2.89. The molecule has 0 heterocycles. The molecule has 0 spiro atoms. The maximum Gasteiger partial charge on any atom is 0.224 e. The highest BCUT2D eigenvalue weighted by Gasteiger charge is 2.35. The molecule has 1 fully saturated rings. The number of hydrogen-bond acceptors (Lipinski definition) is 2. The Morgan fingerprint density at radius 3 is 2.50 bits per heavy atom. The Labute approximate surface area is 121 Å². The topological polar surface area (TPSA) is 55.1 Å². The maximum atomic E-state index is 12.3. The molecule has 0 aliphatic heterocycles. The fraction of sp³-hybridized carbons (Fsp3) is 0.588. The number of amides is 1. The molecule has 1 aromatic rings. The van der Waals surface area contributed by atoms with Gasteiger partial charge in [-0.2, -0.15) is 0 Å². The van der Waals surface area contributed by atoms with Gasteiger partial charge in [-0.15, -0.1) is 0 Å². The lowest BCUT2D eigenvalue weighted by molar-refractivity contribution is -0.126. The summed E-state index contributed by atoms with van der Waals surface area (Å²) in [7, 11) is 0. The third-order valence-electron chi connectivity index (χ3n) is 4.94. The molecule has 1 aliphatic rings. The summed E-state index contributed by atoms with van der Waals surface area (Å²) in [5, 5.41) is 3.11. The van der Waals surface area contributed by atoms with Crippen LogP contribution < -0.4 is 11.1 Å². The lowest BCUT2D eigenvalue weighted by atomic mass is 9.67. The summed E-state index contributed by atoms with van der Waals surface area (Å²) in [5.74, 6) is -0.132. The second-order valence-electron chi connectivity index (χ2n) is 6.15. The molecule has 3 N–H and O–H groups in total. The van der Waals surface area contributed by atoms with Crippen molar-refractivity contribution in [2.75, 3.05) is 6.54 Å². The zero-order chi connectivity index (χ0) is 14.6. The van der Waals surface area contributed by atoms with Gasteiger partial charge in [0.25, 0.3) is 0 Å². The van der Waals surface area contributed by atoms with E-state index in [-0.39, 0.29) is 17.9 Å². The van der Waals surface area contributed by atoms with Crippen molar-refractivity contribution >= 4 is 5.91 Å². The van der Waals surface area contributed by atoms with Crippen LogP contribution in [0.1, 0.15) is 51.1 Å².